The Bertz CT molecular complexity index is 639. The average molecular weight is 255 g/mol. The highest BCUT2D eigenvalue weighted by atomic mass is 16.2. The van der Waals surface area contributed by atoms with Crippen molar-refractivity contribution in [3.8, 4) is 0 Å². The van der Waals surface area contributed by atoms with Crippen molar-refractivity contribution in [3.63, 3.8) is 0 Å². The van der Waals surface area contributed by atoms with Crippen LogP contribution in [0, 0.1) is 5.41 Å². The molecule has 2 aromatic rings. The highest BCUT2D eigenvalue weighted by Crippen LogP contribution is 2.28. The van der Waals surface area contributed by atoms with E-state index < -0.39 is 5.41 Å². The van der Waals surface area contributed by atoms with Gasteiger partial charge in [0, 0.05) is 16.4 Å². The third kappa shape index (κ3) is 2.65. The van der Waals surface area contributed by atoms with E-state index in [9.17, 15) is 9.59 Å². The molecule has 0 heterocycles. The van der Waals surface area contributed by atoms with Crippen LogP contribution in [0.2, 0.25) is 0 Å². The van der Waals surface area contributed by atoms with Crippen molar-refractivity contribution in [1.82, 2.24) is 0 Å². The fourth-order valence-corrected chi connectivity index (χ4v) is 1.83. The average Bonchev–Trinajstić information content (AvgIpc) is 2.38. The van der Waals surface area contributed by atoms with Crippen molar-refractivity contribution in [2.45, 2.75) is 20.8 Å². The van der Waals surface area contributed by atoms with Gasteiger partial charge in [-0.25, -0.2) is 0 Å². The lowest BCUT2D eigenvalue weighted by Crippen LogP contribution is -2.28. The van der Waals surface area contributed by atoms with Crippen molar-refractivity contribution in [2.24, 2.45) is 5.41 Å². The Hall–Kier alpha value is -2.16. The number of aldehydes is 1. The maximum absolute atomic E-state index is 12.1. The molecule has 0 saturated carbocycles. The van der Waals surface area contributed by atoms with Gasteiger partial charge in [-0.2, -0.15) is 0 Å². The summed E-state index contributed by atoms with van der Waals surface area (Å²) in [6.07, 6.45) is 0.769. The van der Waals surface area contributed by atoms with Crippen molar-refractivity contribution in [3.05, 3.63) is 42.0 Å². The zero-order valence-corrected chi connectivity index (χ0v) is 11.4. The van der Waals surface area contributed by atoms with Gasteiger partial charge in [0.15, 0.2) is 6.29 Å². The predicted molar refractivity (Wildman–Crippen MR) is 77.4 cm³/mol. The van der Waals surface area contributed by atoms with Gasteiger partial charge < -0.3 is 5.32 Å². The minimum atomic E-state index is -0.503. The summed E-state index contributed by atoms with van der Waals surface area (Å²) < 4.78 is 0. The number of carbonyl (C=O) groups is 2. The number of anilines is 1. The normalized spacial score (nSPS) is 11.3. The van der Waals surface area contributed by atoms with Gasteiger partial charge in [0.05, 0.1) is 5.69 Å². The number of rotatable bonds is 2. The first kappa shape index (κ1) is 13.3. The quantitative estimate of drug-likeness (QED) is 0.833. The molecule has 0 saturated heterocycles. The third-order valence-electron chi connectivity index (χ3n) is 3.01. The molecule has 3 nitrogen and oxygen atoms in total. The van der Waals surface area contributed by atoms with E-state index >= 15 is 0 Å². The summed E-state index contributed by atoms with van der Waals surface area (Å²) in [7, 11) is 0. The molecular weight excluding hydrogens is 238 g/mol. The van der Waals surface area contributed by atoms with Crippen LogP contribution in [0.1, 0.15) is 31.1 Å². The molecule has 0 atom stereocenters. The molecule has 0 spiro atoms. The smallest absolute Gasteiger partial charge is 0.229 e. The largest absolute Gasteiger partial charge is 0.324 e. The Labute approximate surface area is 112 Å². The molecular formula is C16H17NO2. The van der Waals surface area contributed by atoms with Gasteiger partial charge in [-0.1, -0.05) is 51.1 Å². The standard InChI is InChI=1S/C16H17NO2/c1-16(2,3)15(19)17-14-12(10-18)9-8-11-6-4-5-7-13(11)14/h4-10H,1-3H3,(H,17,19). The van der Waals surface area contributed by atoms with Crippen LogP contribution in [0.25, 0.3) is 10.8 Å². The Morgan fingerprint density at radius 1 is 1.11 bits per heavy atom. The lowest BCUT2D eigenvalue weighted by Gasteiger charge is -2.19. The van der Waals surface area contributed by atoms with Crippen molar-refractivity contribution >= 4 is 28.7 Å². The van der Waals surface area contributed by atoms with Crippen LogP contribution in [0.3, 0.4) is 0 Å². The van der Waals surface area contributed by atoms with Gasteiger partial charge >= 0.3 is 0 Å². The van der Waals surface area contributed by atoms with E-state index in [1.54, 1.807) is 6.07 Å². The Morgan fingerprint density at radius 3 is 2.42 bits per heavy atom. The second-order valence-corrected chi connectivity index (χ2v) is 5.57. The lowest BCUT2D eigenvalue weighted by molar-refractivity contribution is -0.123. The highest BCUT2D eigenvalue weighted by Gasteiger charge is 2.22. The van der Waals surface area contributed by atoms with Crippen LogP contribution in [-0.2, 0) is 4.79 Å². The molecule has 1 N–H and O–H groups in total. The predicted octanol–water partition coefficient (Wildman–Crippen LogP) is 3.64. The van der Waals surface area contributed by atoms with Gasteiger partial charge in [0.25, 0.3) is 0 Å². The van der Waals surface area contributed by atoms with Crippen LogP contribution in [0.4, 0.5) is 5.69 Å². The van der Waals surface area contributed by atoms with Crippen molar-refractivity contribution < 1.29 is 9.59 Å². The molecule has 0 radical (unpaired) electrons. The molecule has 19 heavy (non-hydrogen) atoms. The third-order valence-corrected chi connectivity index (χ3v) is 3.01. The monoisotopic (exact) mass is 255 g/mol. The maximum Gasteiger partial charge on any atom is 0.229 e. The first-order valence-electron chi connectivity index (χ1n) is 6.22. The van der Waals surface area contributed by atoms with E-state index in [1.165, 1.54) is 0 Å². The SMILES string of the molecule is CC(C)(C)C(=O)Nc1c(C=O)ccc2ccccc12. The Morgan fingerprint density at radius 2 is 1.79 bits per heavy atom. The minimum absolute atomic E-state index is 0.105. The van der Waals surface area contributed by atoms with E-state index in [0.717, 1.165) is 17.1 Å². The van der Waals surface area contributed by atoms with Crippen LogP contribution < -0.4 is 5.32 Å². The van der Waals surface area contributed by atoms with E-state index in [4.69, 9.17) is 0 Å². The van der Waals surface area contributed by atoms with Crippen LogP contribution in [0.15, 0.2) is 36.4 Å². The first-order chi connectivity index (χ1) is 8.93. The fourth-order valence-electron chi connectivity index (χ4n) is 1.83. The summed E-state index contributed by atoms with van der Waals surface area (Å²) in [4.78, 5) is 23.3. The zero-order chi connectivity index (χ0) is 14.0. The highest BCUT2D eigenvalue weighted by molar-refractivity contribution is 6.09. The fraction of sp³-hybridized carbons (Fsp3) is 0.250. The molecule has 0 aliphatic heterocycles. The molecule has 2 aromatic carbocycles. The Kier molecular flexibility index (Phi) is 3.38. The molecule has 0 unspecified atom stereocenters. The second kappa shape index (κ2) is 4.84. The van der Waals surface area contributed by atoms with E-state index in [2.05, 4.69) is 5.32 Å². The number of hydrogen-bond donors (Lipinski definition) is 1. The van der Waals surface area contributed by atoms with Crippen LogP contribution in [0.5, 0.6) is 0 Å². The summed E-state index contributed by atoms with van der Waals surface area (Å²) in [5.41, 5.74) is 0.584. The summed E-state index contributed by atoms with van der Waals surface area (Å²) in [6.45, 7) is 5.52. The molecule has 2 rings (SSSR count). The van der Waals surface area contributed by atoms with Gasteiger partial charge in [0.2, 0.25) is 5.91 Å². The number of nitrogens with one attached hydrogen (secondary N) is 1. The van der Waals surface area contributed by atoms with Gasteiger partial charge in [-0.15, -0.1) is 0 Å². The molecule has 98 valence electrons. The number of benzene rings is 2. The van der Waals surface area contributed by atoms with Crippen LogP contribution >= 0.6 is 0 Å². The summed E-state index contributed by atoms with van der Waals surface area (Å²) in [5, 5.41) is 4.75. The number of amides is 1. The molecule has 0 aliphatic carbocycles. The zero-order valence-electron chi connectivity index (χ0n) is 11.4. The first-order valence-corrected chi connectivity index (χ1v) is 6.22. The van der Waals surface area contributed by atoms with Gasteiger partial charge in [0.1, 0.15) is 0 Å². The molecule has 0 bridgehead atoms. The van der Waals surface area contributed by atoms with Crippen molar-refractivity contribution in [2.75, 3.05) is 5.32 Å². The molecule has 0 fully saturated rings. The second-order valence-electron chi connectivity index (χ2n) is 5.57. The summed E-state index contributed by atoms with van der Waals surface area (Å²) in [6, 6.07) is 11.3. The topological polar surface area (TPSA) is 46.2 Å². The van der Waals surface area contributed by atoms with Gasteiger partial charge in [-0.05, 0) is 11.5 Å². The van der Waals surface area contributed by atoms with Gasteiger partial charge in [-0.3, -0.25) is 9.59 Å². The van der Waals surface area contributed by atoms with E-state index in [-0.39, 0.29) is 5.91 Å². The number of carbonyl (C=O) groups excluding carboxylic acids is 2. The van der Waals surface area contributed by atoms with E-state index in [1.807, 2.05) is 51.1 Å². The van der Waals surface area contributed by atoms with Crippen LogP contribution in [-0.4, -0.2) is 12.2 Å². The Balaban J connectivity index is 2.57. The lowest BCUT2D eigenvalue weighted by atomic mass is 9.95. The van der Waals surface area contributed by atoms with E-state index in [0.29, 0.717) is 11.3 Å². The summed E-state index contributed by atoms with van der Waals surface area (Å²) >= 11 is 0. The number of hydrogen-bond acceptors (Lipinski definition) is 2. The molecule has 3 heteroatoms. The maximum atomic E-state index is 12.1. The summed E-state index contributed by atoms with van der Waals surface area (Å²) in [5.74, 6) is -0.105. The molecule has 0 aliphatic rings. The molecule has 0 aromatic heterocycles. The number of fused-ring (bicyclic) bond motifs is 1. The van der Waals surface area contributed by atoms with Crippen molar-refractivity contribution in [1.29, 1.82) is 0 Å². The molecule has 1 amide bonds. The minimum Gasteiger partial charge on any atom is -0.324 e.